The lowest BCUT2D eigenvalue weighted by atomic mass is 10.2. The highest BCUT2D eigenvalue weighted by molar-refractivity contribution is 8.01. The van der Waals surface area contributed by atoms with Crippen LogP contribution in [0.2, 0.25) is 5.02 Å². The summed E-state index contributed by atoms with van der Waals surface area (Å²) in [6, 6.07) is 17.1. The molecule has 25 heavy (non-hydrogen) atoms. The van der Waals surface area contributed by atoms with Crippen molar-refractivity contribution in [2.75, 3.05) is 5.75 Å². The molecule has 1 N–H and O–H groups in total. The number of halogens is 1. The number of thioether (sulfide) groups is 1. The van der Waals surface area contributed by atoms with E-state index in [2.05, 4.69) is 10.4 Å². The van der Waals surface area contributed by atoms with E-state index in [9.17, 15) is 4.79 Å². The molecule has 0 aliphatic rings. The fourth-order valence-electron chi connectivity index (χ4n) is 2.03. The van der Waals surface area contributed by atoms with Crippen LogP contribution in [0.15, 0.2) is 58.9 Å². The Balaban J connectivity index is 1.54. The van der Waals surface area contributed by atoms with E-state index in [4.69, 9.17) is 23.8 Å². The lowest BCUT2D eigenvalue weighted by Crippen LogP contribution is -2.24. The lowest BCUT2D eigenvalue weighted by Gasteiger charge is -2.04. The van der Waals surface area contributed by atoms with Crippen molar-refractivity contribution < 1.29 is 4.79 Å². The number of nitrogens with zero attached hydrogens (tertiary/aromatic N) is 2. The molecule has 0 radical (unpaired) electrons. The summed E-state index contributed by atoms with van der Waals surface area (Å²) < 4.78 is 3.15. The van der Waals surface area contributed by atoms with E-state index >= 15 is 0 Å². The van der Waals surface area contributed by atoms with Gasteiger partial charge in [0, 0.05) is 11.6 Å². The Labute approximate surface area is 163 Å². The largest absolute Gasteiger partial charge is 0.351 e. The lowest BCUT2D eigenvalue weighted by molar-refractivity contribution is -0.118. The topological polar surface area (TPSA) is 46.9 Å². The van der Waals surface area contributed by atoms with Gasteiger partial charge in [0.15, 0.2) is 8.29 Å². The molecule has 0 aliphatic carbocycles. The molecule has 3 aromatic rings. The highest BCUT2D eigenvalue weighted by Crippen LogP contribution is 2.23. The average Bonchev–Trinajstić information content (AvgIpc) is 3.01. The number of para-hydroxylation sites is 1. The standard InChI is InChI=1S/C17H14ClN3OS3/c18-13-8-6-12(7-9-13)10-19-15(22)11-24-16-20-21(17(23)25-16)14-4-2-1-3-5-14/h1-9H,10-11H2,(H,19,22). The van der Waals surface area contributed by atoms with Gasteiger partial charge in [-0.25, -0.2) is 4.68 Å². The number of benzene rings is 2. The molecule has 3 rings (SSSR count). The first-order valence-corrected chi connectivity index (χ1v) is 10.0. The molecule has 1 heterocycles. The number of rotatable bonds is 6. The highest BCUT2D eigenvalue weighted by atomic mass is 35.5. The number of nitrogens with one attached hydrogen (secondary N) is 1. The second-order valence-corrected chi connectivity index (χ2v) is 8.35. The van der Waals surface area contributed by atoms with Gasteiger partial charge in [-0.15, -0.1) is 5.10 Å². The fraction of sp³-hybridized carbons (Fsp3) is 0.118. The first kappa shape index (κ1) is 18.1. The van der Waals surface area contributed by atoms with Gasteiger partial charge in [-0.2, -0.15) is 0 Å². The minimum Gasteiger partial charge on any atom is -0.351 e. The zero-order valence-electron chi connectivity index (χ0n) is 13.0. The van der Waals surface area contributed by atoms with Gasteiger partial charge in [0.05, 0.1) is 11.4 Å². The normalized spacial score (nSPS) is 10.6. The van der Waals surface area contributed by atoms with E-state index in [1.54, 1.807) is 16.8 Å². The smallest absolute Gasteiger partial charge is 0.230 e. The number of amides is 1. The van der Waals surface area contributed by atoms with Crippen LogP contribution in [0.1, 0.15) is 5.56 Å². The molecule has 0 bridgehead atoms. The third kappa shape index (κ3) is 5.15. The molecule has 4 nitrogen and oxygen atoms in total. The summed E-state index contributed by atoms with van der Waals surface area (Å²) in [7, 11) is 0. The van der Waals surface area contributed by atoms with Gasteiger partial charge < -0.3 is 5.32 Å². The molecule has 8 heteroatoms. The van der Waals surface area contributed by atoms with Crippen LogP contribution in [0, 0.1) is 3.95 Å². The Morgan fingerprint density at radius 1 is 1.20 bits per heavy atom. The maximum atomic E-state index is 12.0. The molecular formula is C17H14ClN3OS3. The summed E-state index contributed by atoms with van der Waals surface area (Å²) in [5.41, 5.74) is 1.93. The Morgan fingerprint density at radius 3 is 2.64 bits per heavy atom. The van der Waals surface area contributed by atoms with Crippen molar-refractivity contribution >= 4 is 52.8 Å². The summed E-state index contributed by atoms with van der Waals surface area (Å²) in [6.45, 7) is 0.477. The molecule has 1 amide bonds. The second kappa shape index (κ2) is 8.62. The van der Waals surface area contributed by atoms with Crippen molar-refractivity contribution in [3.05, 3.63) is 69.1 Å². The molecular weight excluding hydrogens is 394 g/mol. The van der Waals surface area contributed by atoms with E-state index in [0.29, 0.717) is 21.3 Å². The minimum absolute atomic E-state index is 0.0488. The van der Waals surface area contributed by atoms with E-state index in [1.807, 2.05) is 42.5 Å². The van der Waals surface area contributed by atoms with Crippen molar-refractivity contribution in [3.63, 3.8) is 0 Å². The predicted octanol–water partition coefficient (Wildman–Crippen LogP) is 4.73. The molecule has 0 saturated carbocycles. The Kier molecular flexibility index (Phi) is 6.25. The van der Waals surface area contributed by atoms with E-state index in [0.717, 1.165) is 15.6 Å². The molecule has 1 aromatic heterocycles. The maximum absolute atomic E-state index is 12.0. The van der Waals surface area contributed by atoms with Gasteiger partial charge in [0.25, 0.3) is 0 Å². The zero-order valence-corrected chi connectivity index (χ0v) is 16.2. The van der Waals surface area contributed by atoms with Gasteiger partial charge in [0.1, 0.15) is 0 Å². The van der Waals surface area contributed by atoms with Crippen LogP contribution in [0.5, 0.6) is 0 Å². The van der Waals surface area contributed by atoms with Crippen LogP contribution in [0.3, 0.4) is 0 Å². The van der Waals surface area contributed by atoms with Gasteiger partial charge >= 0.3 is 0 Å². The fourth-order valence-corrected chi connectivity index (χ4v) is 4.35. The van der Waals surface area contributed by atoms with Crippen LogP contribution >= 0.6 is 46.9 Å². The number of hydrogen-bond acceptors (Lipinski definition) is 5. The minimum atomic E-state index is -0.0488. The Morgan fingerprint density at radius 2 is 1.92 bits per heavy atom. The molecule has 2 aromatic carbocycles. The third-order valence-electron chi connectivity index (χ3n) is 3.26. The first-order valence-electron chi connectivity index (χ1n) is 7.41. The molecule has 0 unspecified atom stereocenters. The maximum Gasteiger partial charge on any atom is 0.230 e. The van der Waals surface area contributed by atoms with Gasteiger partial charge in [-0.3, -0.25) is 4.79 Å². The van der Waals surface area contributed by atoms with Crippen LogP contribution in [-0.4, -0.2) is 21.4 Å². The van der Waals surface area contributed by atoms with Crippen molar-refractivity contribution in [2.45, 2.75) is 10.9 Å². The summed E-state index contributed by atoms with van der Waals surface area (Å²) in [5, 5.41) is 8.04. The monoisotopic (exact) mass is 407 g/mol. The van der Waals surface area contributed by atoms with Crippen molar-refractivity contribution in [3.8, 4) is 5.69 Å². The van der Waals surface area contributed by atoms with E-state index < -0.39 is 0 Å². The summed E-state index contributed by atoms with van der Waals surface area (Å²) in [5.74, 6) is 0.248. The van der Waals surface area contributed by atoms with Gasteiger partial charge in [-0.1, -0.05) is 65.0 Å². The Bertz CT molecular complexity index is 907. The van der Waals surface area contributed by atoms with Crippen LogP contribution < -0.4 is 5.32 Å². The first-order chi connectivity index (χ1) is 12.1. The van der Waals surface area contributed by atoms with E-state index in [1.165, 1.54) is 23.1 Å². The van der Waals surface area contributed by atoms with Crippen LogP contribution in [0.4, 0.5) is 0 Å². The van der Waals surface area contributed by atoms with Gasteiger partial charge in [0.2, 0.25) is 5.91 Å². The highest BCUT2D eigenvalue weighted by Gasteiger charge is 2.09. The molecule has 0 fully saturated rings. The summed E-state index contributed by atoms with van der Waals surface area (Å²) in [6.07, 6.45) is 0. The number of carbonyl (C=O) groups excluding carboxylic acids is 1. The summed E-state index contributed by atoms with van der Waals surface area (Å²) in [4.78, 5) is 12.0. The number of aromatic nitrogens is 2. The van der Waals surface area contributed by atoms with Crippen LogP contribution in [-0.2, 0) is 11.3 Å². The quantitative estimate of drug-likeness (QED) is 0.474. The second-order valence-electron chi connectivity index (χ2n) is 5.07. The summed E-state index contributed by atoms with van der Waals surface area (Å²) >= 11 is 14.0. The van der Waals surface area contributed by atoms with E-state index in [-0.39, 0.29) is 5.91 Å². The van der Waals surface area contributed by atoms with Gasteiger partial charge in [-0.05, 0) is 42.0 Å². The molecule has 0 saturated heterocycles. The van der Waals surface area contributed by atoms with Crippen molar-refractivity contribution in [2.24, 2.45) is 0 Å². The number of carbonyl (C=O) groups is 1. The SMILES string of the molecule is O=C(CSc1nn(-c2ccccc2)c(=S)s1)NCc1ccc(Cl)cc1. The van der Waals surface area contributed by atoms with Crippen molar-refractivity contribution in [1.29, 1.82) is 0 Å². The predicted molar refractivity (Wildman–Crippen MR) is 106 cm³/mol. The van der Waals surface area contributed by atoms with Crippen molar-refractivity contribution in [1.82, 2.24) is 15.1 Å². The molecule has 128 valence electrons. The molecule has 0 spiro atoms. The number of hydrogen-bond donors (Lipinski definition) is 1. The zero-order chi connectivity index (χ0) is 17.6. The molecule has 0 atom stereocenters. The third-order valence-corrected chi connectivity index (χ3v) is 5.88. The average molecular weight is 408 g/mol. The Hall–Kier alpha value is -1.67. The van der Waals surface area contributed by atoms with Crippen LogP contribution in [0.25, 0.3) is 5.69 Å². The molecule has 0 aliphatic heterocycles.